The van der Waals surface area contributed by atoms with Gasteiger partial charge in [0.2, 0.25) is 0 Å². The highest BCUT2D eigenvalue weighted by molar-refractivity contribution is 5.83. The molecule has 1 fully saturated rings. The van der Waals surface area contributed by atoms with Crippen LogP contribution in [0.3, 0.4) is 0 Å². The minimum absolute atomic E-state index is 0.394. The average Bonchev–Trinajstić information content (AvgIpc) is 2.91. The van der Waals surface area contributed by atoms with E-state index >= 15 is 0 Å². The number of amides is 2. The second-order valence-corrected chi connectivity index (χ2v) is 5.44. The predicted octanol–water partition coefficient (Wildman–Crippen LogP) is 1.19. The highest BCUT2D eigenvalue weighted by atomic mass is 16.4. The largest absolute Gasteiger partial charge is 0.480 e. The van der Waals surface area contributed by atoms with Crippen LogP contribution in [-0.4, -0.2) is 29.7 Å². The molecule has 0 spiro atoms. The Hall–Kier alpha value is -1.26. The van der Waals surface area contributed by atoms with Gasteiger partial charge in [0.1, 0.15) is 6.04 Å². The van der Waals surface area contributed by atoms with E-state index < -0.39 is 23.5 Å². The fourth-order valence-corrected chi connectivity index (χ4v) is 1.39. The van der Waals surface area contributed by atoms with E-state index in [9.17, 15) is 9.59 Å². The molecule has 0 heterocycles. The van der Waals surface area contributed by atoms with E-state index in [1.165, 1.54) is 0 Å². The van der Waals surface area contributed by atoms with Crippen LogP contribution in [0.1, 0.15) is 33.6 Å². The fourth-order valence-electron chi connectivity index (χ4n) is 1.39. The molecule has 1 saturated carbocycles. The molecule has 1 rings (SSSR count). The van der Waals surface area contributed by atoms with Gasteiger partial charge in [-0.15, -0.1) is 0 Å². The normalized spacial score (nSPS) is 17.7. The molecule has 2 amide bonds. The molecule has 1 atom stereocenters. The molecule has 16 heavy (non-hydrogen) atoms. The monoisotopic (exact) mass is 228 g/mol. The number of aliphatic carboxylic acids is 1. The van der Waals surface area contributed by atoms with E-state index in [0.29, 0.717) is 12.5 Å². The topological polar surface area (TPSA) is 78.4 Å². The third kappa shape index (κ3) is 4.08. The van der Waals surface area contributed by atoms with Crippen LogP contribution in [0.15, 0.2) is 0 Å². The SMILES string of the molecule is CC(C)(C)[C@@H](NC(=O)NCC1CC1)C(=O)O. The summed E-state index contributed by atoms with van der Waals surface area (Å²) >= 11 is 0. The van der Waals surface area contributed by atoms with Crippen molar-refractivity contribution in [3.8, 4) is 0 Å². The fraction of sp³-hybridized carbons (Fsp3) is 0.818. The summed E-state index contributed by atoms with van der Waals surface area (Å²) < 4.78 is 0. The predicted molar refractivity (Wildman–Crippen MR) is 60.1 cm³/mol. The summed E-state index contributed by atoms with van der Waals surface area (Å²) in [6.07, 6.45) is 2.31. The second kappa shape index (κ2) is 4.72. The Balaban J connectivity index is 2.40. The van der Waals surface area contributed by atoms with Gasteiger partial charge in [0.25, 0.3) is 0 Å². The maximum absolute atomic E-state index is 11.5. The van der Waals surface area contributed by atoms with Crippen molar-refractivity contribution in [2.75, 3.05) is 6.54 Å². The van der Waals surface area contributed by atoms with E-state index in [1.54, 1.807) is 20.8 Å². The molecule has 3 N–H and O–H groups in total. The van der Waals surface area contributed by atoms with Crippen LogP contribution in [0.4, 0.5) is 4.79 Å². The van der Waals surface area contributed by atoms with Gasteiger partial charge in [-0.2, -0.15) is 0 Å². The molecule has 0 aromatic heterocycles. The molecule has 0 aromatic carbocycles. The first-order valence-electron chi connectivity index (χ1n) is 5.58. The Labute approximate surface area is 95.6 Å². The van der Waals surface area contributed by atoms with Crippen molar-refractivity contribution in [2.24, 2.45) is 11.3 Å². The van der Waals surface area contributed by atoms with Crippen molar-refractivity contribution in [1.82, 2.24) is 10.6 Å². The molecule has 0 aromatic rings. The quantitative estimate of drug-likeness (QED) is 0.676. The lowest BCUT2D eigenvalue weighted by molar-refractivity contribution is -0.141. The second-order valence-electron chi connectivity index (χ2n) is 5.44. The molecule has 0 bridgehead atoms. The first-order chi connectivity index (χ1) is 7.30. The molecule has 92 valence electrons. The van der Waals surface area contributed by atoms with Gasteiger partial charge >= 0.3 is 12.0 Å². The zero-order valence-corrected chi connectivity index (χ0v) is 10.0. The van der Waals surface area contributed by atoms with Gasteiger partial charge < -0.3 is 15.7 Å². The summed E-state index contributed by atoms with van der Waals surface area (Å²) in [6, 6.07) is -1.26. The molecule has 1 aliphatic carbocycles. The maximum Gasteiger partial charge on any atom is 0.326 e. The van der Waals surface area contributed by atoms with E-state index in [2.05, 4.69) is 10.6 Å². The molecule has 0 unspecified atom stereocenters. The van der Waals surface area contributed by atoms with Crippen molar-refractivity contribution in [3.63, 3.8) is 0 Å². The Bertz CT molecular complexity index is 279. The number of carboxylic acid groups (broad SMARTS) is 1. The number of hydrogen-bond donors (Lipinski definition) is 3. The zero-order valence-electron chi connectivity index (χ0n) is 10.0. The standard InChI is InChI=1S/C11H20N2O3/c1-11(2,3)8(9(14)15)13-10(16)12-6-7-4-5-7/h7-8H,4-6H2,1-3H3,(H,14,15)(H2,12,13,16)/t8-/m0/s1. The van der Waals surface area contributed by atoms with E-state index in [-0.39, 0.29) is 0 Å². The molecule has 0 radical (unpaired) electrons. The summed E-state index contributed by atoms with van der Waals surface area (Å²) in [6.45, 7) is 6.00. The van der Waals surface area contributed by atoms with Crippen LogP contribution < -0.4 is 10.6 Å². The number of rotatable bonds is 4. The van der Waals surface area contributed by atoms with E-state index in [4.69, 9.17) is 5.11 Å². The number of urea groups is 1. The summed E-state index contributed by atoms with van der Waals surface area (Å²) in [5, 5.41) is 14.2. The summed E-state index contributed by atoms with van der Waals surface area (Å²) in [5.74, 6) is -0.419. The van der Waals surface area contributed by atoms with Crippen LogP contribution in [-0.2, 0) is 4.79 Å². The Morgan fingerprint density at radius 2 is 1.94 bits per heavy atom. The van der Waals surface area contributed by atoms with E-state index in [0.717, 1.165) is 12.8 Å². The van der Waals surface area contributed by atoms with Gasteiger partial charge in [-0.25, -0.2) is 9.59 Å². The van der Waals surface area contributed by atoms with Crippen molar-refractivity contribution in [1.29, 1.82) is 0 Å². The lowest BCUT2D eigenvalue weighted by atomic mass is 9.87. The van der Waals surface area contributed by atoms with Gasteiger partial charge in [-0.3, -0.25) is 0 Å². The first kappa shape index (κ1) is 12.8. The smallest absolute Gasteiger partial charge is 0.326 e. The minimum atomic E-state index is -1.01. The van der Waals surface area contributed by atoms with Crippen molar-refractivity contribution >= 4 is 12.0 Å². The Kier molecular flexibility index (Phi) is 3.78. The maximum atomic E-state index is 11.5. The molecular formula is C11H20N2O3. The van der Waals surface area contributed by atoms with Crippen molar-refractivity contribution in [2.45, 2.75) is 39.7 Å². The third-order valence-corrected chi connectivity index (χ3v) is 2.64. The number of carbonyl (C=O) groups is 2. The highest BCUT2D eigenvalue weighted by Gasteiger charge is 2.32. The van der Waals surface area contributed by atoms with Gasteiger partial charge in [0, 0.05) is 6.54 Å². The highest BCUT2D eigenvalue weighted by Crippen LogP contribution is 2.27. The van der Waals surface area contributed by atoms with Crippen LogP contribution >= 0.6 is 0 Å². The van der Waals surface area contributed by atoms with Gasteiger partial charge in [-0.05, 0) is 24.2 Å². The lowest BCUT2D eigenvalue weighted by Gasteiger charge is -2.27. The summed E-state index contributed by atoms with van der Waals surface area (Å²) in [5.41, 5.74) is -0.497. The first-order valence-corrected chi connectivity index (χ1v) is 5.58. The number of nitrogens with one attached hydrogen (secondary N) is 2. The average molecular weight is 228 g/mol. The minimum Gasteiger partial charge on any atom is -0.480 e. The molecule has 5 nitrogen and oxygen atoms in total. The Morgan fingerprint density at radius 3 is 2.31 bits per heavy atom. The summed E-state index contributed by atoms with van der Waals surface area (Å²) in [7, 11) is 0. The molecule has 0 saturated heterocycles. The molecule has 1 aliphatic rings. The van der Waals surface area contributed by atoms with Crippen LogP contribution in [0.2, 0.25) is 0 Å². The van der Waals surface area contributed by atoms with Crippen LogP contribution in [0.25, 0.3) is 0 Å². The summed E-state index contributed by atoms with van der Waals surface area (Å²) in [4.78, 5) is 22.4. The van der Waals surface area contributed by atoms with Crippen LogP contribution in [0, 0.1) is 11.3 Å². The number of hydrogen-bond acceptors (Lipinski definition) is 2. The molecule has 0 aliphatic heterocycles. The Morgan fingerprint density at radius 1 is 1.38 bits per heavy atom. The van der Waals surface area contributed by atoms with Crippen LogP contribution in [0.5, 0.6) is 0 Å². The zero-order chi connectivity index (χ0) is 12.3. The number of carbonyl (C=O) groups excluding carboxylic acids is 1. The number of carboxylic acids is 1. The van der Waals surface area contributed by atoms with Gasteiger partial charge in [0.05, 0.1) is 0 Å². The molecular weight excluding hydrogens is 208 g/mol. The lowest BCUT2D eigenvalue weighted by Crippen LogP contribution is -2.52. The van der Waals surface area contributed by atoms with Crippen molar-refractivity contribution < 1.29 is 14.7 Å². The van der Waals surface area contributed by atoms with E-state index in [1.807, 2.05) is 0 Å². The van der Waals surface area contributed by atoms with Crippen molar-refractivity contribution in [3.05, 3.63) is 0 Å². The molecule has 5 heteroatoms. The third-order valence-electron chi connectivity index (χ3n) is 2.64. The van der Waals surface area contributed by atoms with Gasteiger partial charge in [0.15, 0.2) is 0 Å². The van der Waals surface area contributed by atoms with Gasteiger partial charge in [-0.1, -0.05) is 20.8 Å².